The van der Waals surface area contributed by atoms with Gasteiger partial charge in [0, 0.05) is 127 Å². The van der Waals surface area contributed by atoms with Crippen LogP contribution in [0.25, 0.3) is 0 Å². The number of hydrogen-bond acceptors (Lipinski definition) is 18. The third-order valence-electron chi connectivity index (χ3n) is 20.0. The molecule has 0 spiro atoms. The molecule has 4 amide bonds. The number of hydrogen-bond donors (Lipinski definition) is 4. The fraction of sp³-hybridized carbons (Fsp3) is 0.647. The highest BCUT2D eigenvalue weighted by Crippen LogP contribution is 2.40. The number of ether oxygens (including phenoxy) is 2. The van der Waals surface area contributed by atoms with Crippen LogP contribution in [-0.2, 0) is 9.59 Å². The largest absolute Gasteiger partial charge is 0.495 e. The van der Waals surface area contributed by atoms with Gasteiger partial charge >= 0.3 is 0 Å². The van der Waals surface area contributed by atoms with Crippen LogP contribution < -0.4 is 50.8 Å². The summed E-state index contributed by atoms with van der Waals surface area (Å²) < 4.78 is 10.9. The number of nitrogen functional groups attached to an aromatic ring is 1. The maximum atomic E-state index is 13.3. The fourth-order valence-electron chi connectivity index (χ4n) is 14.4. The van der Waals surface area contributed by atoms with Crippen molar-refractivity contribution >= 4 is 75.6 Å². The van der Waals surface area contributed by atoms with E-state index < -0.39 is 0 Å². The Hall–Kier alpha value is -6.59. The molecule has 22 nitrogen and oxygen atoms in total. The summed E-state index contributed by atoms with van der Waals surface area (Å²) in [6.45, 7) is 24.5. The minimum atomic E-state index is -0.278. The summed E-state index contributed by atoms with van der Waals surface area (Å²) in [7, 11) is 6.68. The second-order valence-corrected chi connectivity index (χ2v) is 27.2. The second-order valence-electron chi connectivity index (χ2n) is 26.9. The number of benzene rings is 2. The molecule has 91 heavy (non-hydrogen) atoms. The van der Waals surface area contributed by atoms with Crippen molar-refractivity contribution in [3.05, 3.63) is 65.2 Å². The number of halogens is 1. The van der Waals surface area contributed by atoms with Crippen molar-refractivity contribution in [3.8, 4) is 11.5 Å². The number of aromatic nitrogens is 4. The number of amides is 4. The van der Waals surface area contributed by atoms with Gasteiger partial charge in [-0.25, -0.2) is 9.97 Å². The van der Waals surface area contributed by atoms with Gasteiger partial charge in [-0.2, -0.15) is 9.97 Å². The van der Waals surface area contributed by atoms with Crippen molar-refractivity contribution in [2.45, 2.75) is 180 Å². The number of piperazine rings is 2. The zero-order chi connectivity index (χ0) is 64.6. The number of nitrogens with two attached hydrogens (primary N) is 1. The third-order valence-corrected chi connectivity index (χ3v) is 20.2. The number of carbonyl (C=O) groups is 4. The van der Waals surface area contributed by atoms with E-state index in [2.05, 4.69) is 69.2 Å². The van der Waals surface area contributed by atoms with Gasteiger partial charge in [0.15, 0.2) is 11.6 Å². The van der Waals surface area contributed by atoms with Gasteiger partial charge in [-0.15, -0.1) is 0 Å². The summed E-state index contributed by atoms with van der Waals surface area (Å²) in [5, 5.41) is 9.96. The number of nitrogens with one attached hydrogen (secondary N) is 3. The van der Waals surface area contributed by atoms with E-state index in [0.717, 1.165) is 68.4 Å². The molecule has 6 fully saturated rings. The standard InChI is InChI=1S/C34H50N8O3.C22H34N4O2.C12H17ClN4O/c1-6-28-33(44)39(4)29-20-35-34(38-31(29)42(28)22(2)3)37-27-14-9-24(19-30(27)45-5)32(43)36-25-10-12-26(13-11-25)41-17-15-40(16-18-41)21-23-7-8-23;1-28-21-14-17(4-9-20(21)23)22(27)24-18-5-7-19(8-6-18)26-12-10-25(11-13-26)15-16-2-3-16;1-5-8-11(18)16(4)9-6-14-12(13)15-10(9)17(8)7(2)3/h9,14,19-20,22-23,25-26,28H,6-8,10-13,15-18,21H2,1-5H3,(H,36,43)(H,35,37,38);4,9,14,16,18-19H,2-3,5-8,10-13,15,23H2,1H3,(H,24,27);6-8H,5H2,1-4H3/t25?,26?,28-;;8-/m1.1/s1. The van der Waals surface area contributed by atoms with Gasteiger partial charge in [-0.1, -0.05) is 13.8 Å². The zero-order valence-corrected chi connectivity index (χ0v) is 56.4. The fourth-order valence-corrected chi connectivity index (χ4v) is 14.5. The predicted molar refractivity (Wildman–Crippen MR) is 361 cm³/mol. The Labute approximate surface area is 544 Å². The highest BCUT2D eigenvalue weighted by Gasteiger charge is 2.41. The molecule has 23 heteroatoms. The molecule has 496 valence electrons. The number of likely N-dealkylation sites (N-methyl/N-ethyl adjacent to an activating group) is 2. The molecule has 2 saturated heterocycles. The maximum absolute atomic E-state index is 13.3. The van der Waals surface area contributed by atoms with Gasteiger partial charge in [0.2, 0.25) is 23.0 Å². The molecular weight excluding hydrogens is 1170 g/mol. The average molecular weight is 1270 g/mol. The molecule has 2 aromatic carbocycles. The molecule has 4 saturated carbocycles. The summed E-state index contributed by atoms with van der Waals surface area (Å²) in [6.07, 6.45) is 19.2. The van der Waals surface area contributed by atoms with Crippen molar-refractivity contribution in [1.29, 1.82) is 0 Å². The van der Waals surface area contributed by atoms with Crippen LogP contribution in [0.15, 0.2) is 48.8 Å². The lowest BCUT2D eigenvalue weighted by atomic mass is 9.89. The number of rotatable bonds is 18. The van der Waals surface area contributed by atoms with E-state index >= 15 is 0 Å². The number of fused-ring (bicyclic) bond motifs is 2. The lowest BCUT2D eigenvalue weighted by Crippen LogP contribution is -2.54. The summed E-state index contributed by atoms with van der Waals surface area (Å²) in [6, 6.07) is 12.2. The van der Waals surface area contributed by atoms with Crippen LogP contribution in [0.3, 0.4) is 0 Å². The van der Waals surface area contributed by atoms with E-state index in [-0.39, 0.29) is 65.2 Å². The van der Waals surface area contributed by atoms with Crippen LogP contribution in [0.1, 0.15) is 152 Å². The van der Waals surface area contributed by atoms with Crippen LogP contribution in [0.2, 0.25) is 5.28 Å². The summed E-state index contributed by atoms with van der Waals surface area (Å²) in [4.78, 5) is 86.7. The van der Waals surface area contributed by atoms with Gasteiger partial charge in [-0.05, 0) is 177 Å². The lowest BCUT2D eigenvalue weighted by Gasteiger charge is -2.42. The first kappa shape index (κ1) is 67.3. The van der Waals surface area contributed by atoms with Gasteiger partial charge in [0.25, 0.3) is 11.8 Å². The zero-order valence-electron chi connectivity index (χ0n) is 55.6. The highest BCUT2D eigenvalue weighted by atomic mass is 35.5. The van der Waals surface area contributed by atoms with Crippen molar-refractivity contribution in [3.63, 3.8) is 0 Å². The van der Waals surface area contributed by atoms with Crippen LogP contribution >= 0.6 is 11.6 Å². The molecule has 4 aromatic rings. The molecule has 8 aliphatic rings. The summed E-state index contributed by atoms with van der Waals surface area (Å²) in [5.74, 6) is 4.91. The van der Waals surface area contributed by atoms with Crippen LogP contribution in [0, 0.1) is 11.8 Å². The van der Waals surface area contributed by atoms with Crippen LogP contribution in [0.4, 0.5) is 40.3 Å². The first-order valence-electron chi connectivity index (χ1n) is 33.8. The van der Waals surface area contributed by atoms with Crippen molar-refractivity contribution in [2.24, 2.45) is 11.8 Å². The Bertz CT molecular complexity index is 3130. The van der Waals surface area contributed by atoms with Gasteiger partial charge in [0.1, 0.15) is 35.0 Å². The first-order chi connectivity index (χ1) is 43.8. The summed E-state index contributed by atoms with van der Waals surface area (Å²) >= 11 is 5.87. The topological polar surface area (TPSA) is 226 Å². The first-order valence-corrected chi connectivity index (χ1v) is 34.2. The quantitative estimate of drug-likeness (QED) is 0.0540. The Morgan fingerprint density at radius 2 is 1.02 bits per heavy atom. The third kappa shape index (κ3) is 16.4. The van der Waals surface area contributed by atoms with Gasteiger partial charge < -0.3 is 60.6 Å². The molecule has 0 unspecified atom stereocenters. The maximum Gasteiger partial charge on any atom is 0.251 e. The molecule has 2 aromatic heterocycles. The van der Waals surface area contributed by atoms with Crippen LogP contribution in [0.5, 0.6) is 11.5 Å². The molecule has 0 bridgehead atoms. The Morgan fingerprint density at radius 1 is 0.593 bits per heavy atom. The second kappa shape index (κ2) is 30.4. The molecule has 6 heterocycles. The Morgan fingerprint density at radius 3 is 1.45 bits per heavy atom. The molecule has 2 atom stereocenters. The normalized spacial score (nSPS) is 24.2. The van der Waals surface area contributed by atoms with Gasteiger partial charge in [0.05, 0.1) is 38.0 Å². The van der Waals surface area contributed by atoms with Crippen molar-refractivity contribution < 1.29 is 28.7 Å². The molecule has 12 rings (SSSR count). The monoisotopic (exact) mass is 1270 g/mol. The minimum absolute atomic E-state index is 0.0320. The number of anilines is 7. The van der Waals surface area contributed by atoms with E-state index in [1.165, 1.54) is 104 Å². The Balaban J connectivity index is 0.000000167. The number of carbonyl (C=O) groups excluding carboxylic acids is 4. The van der Waals surface area contributed by atoms with Crippen molar-refractivity contribution in [2.75, 3.05) is 124 Å². The highest BCUT2D eigenvalue weighted by molar-refractivity contribution is 6.28. The Kier molecular flexibility index (Phi) is 22.5. The number of methoxy groups -OCH3 is 2. The minimum Gasteiger partial charge on any atom is -0.495 e. The van der Waals surface area contributed by atoms with Crippen LogP contribution in [-0.4, -0.2) is 205 Å². The number of nitrogens with zero attached hydrogens (tertiary/aromatic N) is 12. The molecular formula is C68H101ClN16O6. The predicted octanol–water partition coefficient (Wildman–Crippen LogP) is 8.71. The van der Waals surface area contributed by atoms with E-state index in [1.54, 1.807) is 74.8 Å². The van der Waals surface area contributed by atoms with E-state index in [1.807, 2.05) is 44.7 Å². The molecule has 5 N–H and O–H groups in total. The van der Waals surface area contributed by atoms with Gasteiger partial charge in [-0.3, -0.25) is 29.0 Å². The summed E-state index contributed by atoms with van der Waals surface area (Å²) in [5.41, 5.74) is 9.63. The van der Waals surface area contributed by atoms with E-state index in [9.17, 15) is 19.2 Å². The molecule has 4 aliphatic carbocycles. The van der Waals surface area contributed by atoms with E-state index in [4.69, 9.17) is 31.8 Å². The SMILES string of the molecule is CC[C@@H]1C(=O)N(C)c2cnc(Cl)nc2N1C(C)C.CC[C@@H]1C(=O)N(C)c2cnc(Nc3ccc(C(=O)NC4CCC(N5CCN(CC6CC6)CC5)CC4)cc3OC)nc2N1C(C)C.COc1cc(C(=O)NC2CCC(N3CCN(CC4CC4)CC3)CC2)ccc1N. The van der Waals surface area contributed by atoms with E-state index in [0.29, 0.717) is 69.8 Å². The average Bonchev–Trinajstić information content (AvgIpc) is 1.39. The lowest BCUT2D eigenvalue weighted by molar-refractivity contribution is -0.120. The van der Waals surface area contributed by atoms with Crippen molar-refractivity contribution in [1.82, 2.24) is 50.2 Å². The molecule has 4 aliphatic heterocycles. The smallest absolute Gasteiger partial charge is 0.251 e. The molecule has 0 radical (unpaired) electrons.